The van der Waals surface area contributed by atoms with Crippen LogP contribution in [0.15, 0.2) is 43.2 Å². The topological polar surface area (TPSA) is 105 Å². The van der Waals surface area contributed by atoms with Gasteiger partial charge >= 0.3 is 17.8 Å². The lowest BCUT2D eigenvalue weighted by molar-refractivity contribution is -0.144. The van der Waals surface area contributed by atoms with Gasteiger partial charge in [-0.1, -0.05) is 17.3 Å². The maximum absolute atomic E-state index is 14.6. The Bertz CT molecular complexity index is 1230. The highest BCUT2D eigenvalue weighted by atomic mass is 32.2. The van der Waals surface area contributed by atoms with Gasteiger partial charge in [0.2, 0.25) is 0 Å². The predicted molar refractivity (Wildman–Crippen MR) is 98.8 cm³/mol. The average molecular weight is 443 g/mol. The molecule has 0 aliphatic carbocycles. The maximum Gasteiger partial charge on any atom is 0.431 e. The van der Waals surface area contributed by atoms with Gasteiger partial charge in [-0.15, -0.1) is 0 Å². The number of carboxylic acids is 1. The van der Waals surface area contributed by atoms with Gasteiger partial charge in [0, 0.05) is 18.0 Å². The molecule has 1 N–H and O–H groups in total. The van der Waals surface area contributed by atoms with E-state index in [1.54, 1.807) is 6.07 Å². The highest BCUT2D eigenvalue weighted by Gasteiger charge is 2.35. The van der Waals surface area contributed by atoms with Crippen LogP contribution in [0.3, 0.4) is 0 Å². The van der Waals surface area contributed by atoms with Gasteiger partial charge in [0.15, 0.2) is 0 Å². The summed E-state index contributed by atoms with van der Waals surface area (Å²) in [4.78, 5) is 35.7. The molecule has 158 valence electrons. The molecule has 0 bridgehead atoms. The molecular formula is C18H13F4N3O4S. The van der Waals surface area contributed by atoms with Crippen LogP contribution in [0.1, 0.15) is 25.1 Å². The molecule has 2 rings (SSSR count). The number of hydrogen-bond donors (Lipinski definition) is 1. The Labute approximate surface area is 170 Å². The molecule has 0 unspecified atom stereocenters. The quantitative estimate of drug-likeness (QED) is 0.443. The number of halogens is 4. The van der Waals surface area contributed by atoms with Crippen LogP contribution >= 0.6 is 11.8 Å². The molecule has 1 aromatic carbocycles. The van der Waals surface area contributed by atoms with Crippen molar-refractivity contribution in [3.05, 3.63) is 66.6 Å². The summed E-state index contributed by atoms with van der Waals surface area (Å²) in [5, 5.41) is 18.5. The molecule has 0 fully saturated rings. The molecule has 0 saturated heterocycles. The molecule has 0 spiro atoms. The summed E-state index contributed by atoms with van der Waals surface area (Å²) in [5.74, 6) is -2.54. The Morgan fingerprint density at radius 3 is 2.27 bits per heavy atom. The fourth-order valence-electron chi connectivity index (χ4n) is 2.47. The maximum atomic E-state index is 14.6. The van der Waals surface area contributed by atoms with Crippen molar-refractivity contribution < 1.29 is 27.5 Å². The van der Waals surface area contributed by atoms with Crippen molar-refractivity contribution >= 4 is 17.7 Å². The zero-order valence-electron chi connectivity index (χ0n) is 15.7. The Hall–Kier alpha value is -3.33. The Kier molecular flexibility index (Phi) is 6.27. The van der Waals surface area contributed by atoms with Crippen molar-refractivity contribution in [1.29, 1.82) is 5.26 Å². The lowest BCUT2D eigenvalue weighted by Gasteiger charge is -2.15. The van der Waals surface area contributed by atoms with E-state index in [0.29, 0.717) is 23.4 Å². The Morgan fingerprint density at radius 1 is 1.20 bits per heavy atom. The second kappa shape index (κ2) is 8.19. The molecule has 1 heterocycles. The van der Waals surface area contributed by atoms with E-state index in [4.69, 9.17) is 0 Å². The highest BCUT2D eigenvalue weighted by Crippen LogP contribution is 2.34. The van der Waals surface area contributed by atoms with Crippen molar-refractivity contribution in [2.45, 2.75) is 24.9 Å². The van der Waals surface area contributed by atoms with E-state index in [1.807, 2.05) is 0 Å². The number of allylic oxidation sites excluding steroid dienone is 1. The number of carbonyl (C=O) groups is 1. The van der Waals surface area contributed by atoms with Gasteiger partial charge in [0.1, 0.15) is 17.6 Å². The van der Waals surface area contributed by atoms with E-state index in [1.165, 1.54) is 13.8 Å². The van der Waals surface area contributed by atoms with Gasteiger partial charge in [-0.25, -0.2) is 18.5 Å². The van der Waals surface area contributed by atoms with Crippen molar-refractivity contribution in [3.63, 3.8) is 0 Å². The fraction of sp³-hybridized carbons (Fsp3) is 0.222. The number of carboxylic acid groups (broad SMARTS) is 1. The van der Waals surface area contributed by atoms with Crippen LogP contribution in [-0.4, -0.2) is 20.2 Å². The summed E-state index contributed by atoms with van der Waals surface area (Å²) in [7, 11) is 0.768. The normalized spacial score (nSPS) is 11.1. The van der Waals surface area contributed by atoms with Crippen LogP contribution in [0.5, 0.6) is 0 Å². The minimum absolute atomic E-state index is 0.0960. The number of nitriles is 1. The molecule has 0 atom stereocenters. The molecule has 0 aliphatic heterocycles. The van der Waals surface area contributed by atoms with Gasteiger partial charge in [0.25, 0.3) is 5.56 Å². The summed E-state index contributed by atoms with van der Waals surface area (Å²) in [6.07, 6.45) is -4.99. The summed E-state index contributed by atoms with van der Waals surface area (Å²) in [5.41, 5.74) is -5.05. The number of hydrogen-bond acceptors (Lipinski definition) is 5. The molecule has 0 aliphatic rings. The van der Waals surface area contributed by atoms with E-state index in [-0.39, 0.29) is 30.6 Å². The first kappa shape index (κ1) is 23.0. The summed E-state index contributed by atoms with van der Waals surface area (Å²) in [6.45, 7) is 2.98. The first-order valence-electron chi connectivity index (χ1n) is 8.02. The smallest absolute Gasteiger partial charge is 0.431 e. The van der Waals surface area contributed by atoms with Crippen LogP contribution in [-0.2, 0) is 18.0 Å². The van der Waals surface area contributed by atoms with Gasteiger partial charge < -0.3 is 5.11 Å². The summed E-state index contributed by atoms with van der Waals surface area (Å²) < 4.78 is 53.9. The molecule has 1 aromatic heterocycles. The number of aromatic nitrogens is 2. The lowest BCUT2D eigenvalue weighted by atomic mass is 10.2. The van der Waals surface area contributed by atoms with E-state index in [2.05, 4.69) is 0 Å². The Balaban J connectivity index is 2.83. The molecular weight excluding hydrogens is 430 g/mol. The number of alkyl halides is 3. The number of nitrogens with zero attached hydrogens (tertiary/aromatic N) is 3. The second-order valence-electron chi connectivity index (χ2n) is 6.19. The summed E-state index contributed by atoms with van der Waals surface area (Å²) >= 11 is 0.584. The van der Waals surface area contributed by atoms with Crippen molar-refractivity contribution in [2.75, 3.05) is 0 Å². The molecule has 30 heavy (non-hydrogen) atoms. The molecule has 0 saturated carbocycles. The van der Waals surface area contributed by atoms with Gasteiger partial charge in [-0.3, -0.25) is 9.36 Å². The molecule has 2 aromatic rings. The van der Waals surface area contributed by atoms with Crippen LogP contribution in [0.25, 0.3) is 5.69 Å². The van der Waals surface area contributed by atoms with E-state index < -0.39 is 40.6 Å². The number of rotatable bonds is 4. The monoisotopic (exact) mass is 443 g/mol. The van der Waals surface area contributed by atoms with E-state index in [0.717, 1.165) is 13.1 Å². The summed E-state index contributed by atoms with van der Waals surface area (Å²) in [6, 6.07) is 3.36. The van der Waals surface area contributed by atoms with Crippen molar-refractivity contribution in [2.24, 2.45) is 7.05 Å². The highest BCUT2D eigenvalue weighted by molar-refractivity contribution is 8.04. The van der Waals surface area contributed by atoms with E-state index >= 15 is 0 Å². The second-order valence-corrected chi connectivity index (χ2v) is 7.24. The molecule has 7 nitrogen and oxygen atoms in total. The zero-order chi connectivity index (χ0) is 23.0. The minimum atomic E-state index is -4.99. The van der Waals surface area contributed by atoms with Gasteiger partial charge in [-0.05, 0) is 26.0 Å². The number of aliphatic carboxylic acids is 1. The minimum Gasteiger partial charge on any atom is -0.477 e. The average Bonchev–Trinajstić information content (AvgIpc) is 2.62. The first-order chi connectivity index (χ1) is 13.8. The zero-order valence-corrected chi connectivity index (χ0v) is 16.5. The fourth-order valence-corrected chi connectivity index (χ4v) is 3.37. The third kappa shape index (κ3) is 4.30. The molecule has 0 amide bonds. The third-order valence-electron chi connectivity index (χ3n) is 3.88. The van der Waals surface area contributed by atoms with Crippen molar-refractivity contribution in [3.8, 4) is 11.8 Å². The van der Waals surface area contributed by atoms with Gasteiger partial charge in [0.05, 0.1) is 16.2 Å². The number of benzene rings is 1. The van der Waals surface area contributed by atoms with E-state index in [9.17, 15) is 42.3 Å². The van der Waals surface area contributed by atoms with Crippen LogP contribution in [0.4, 0.5) is 17.6 Å². The largest absolute Gasteiger partial charge is 0.477 e. The van der Waals surface area contributed by atoms with Gasteiger partial charge in [-0.2, -0.15) is 18.4 Å². The molecule has 12 heteroatoms. The SMILES string of the molecule is CC(C)=C(Sc1cc(-n2c(=O)cc(C(F)(F)F)n(C)c2=O)c(F)cc1C#N)C(=O)O. The standard InChI is InChI=1S/C18H13F4N3O4S/c1-8(2)15(16(27)28)30-12-5-11(10(19)4-9(12)7-23)25-14(26)6-13(18(20,21)22)24(3)17(25)29/h4-6H,1-3H3,(H,27,28). The first-order valence-corrected chi connectivity index (χ1v) is 8.84. The third-order valence-corrected chi connectivity index (χ3v) is 5.23. The number of thioether (sulfide) groups is 1. The lowest BCUT2D eigenvalue weighted by Crippen LogP contribution is -2.41. The van der Waals surface area contributed by atoms with Crippen molar-refractivity contribution in [1.82, 2.24) is 9.13 Å². The van der Waals surface area contributed by atoms with Crippen LogP contribution < -0.4 is 11.2 Å². The molecule has 0 radical (unpaired) electrons. The van der Waals surface area contributed by atoms with Crippen LogP contribution in [0.2, 0.25) is 0 Å². The van der Waals surface area contributed by atoms with Crippen LogP contribution in [0, 0.1) is 17.1 Å². The Morgan fingerprint density at radius 2 is 1.80 bits per heavy atom. The predicted octanol–water partition coefficient (Wildman–Crippen LogP) is 3.04.